The number of fused-ring (bicyclic) bond motifs is 1. The fourth-order valence-corrected chi connectivity index (χ4v) is 4.90. The van der Waals surface area contributed by atoms with Gasteiger partial charge in [-0.3, -0.25) is 0 Å². The van der Waals surface area contributed by atoms with Gasteiger partial charge in [0.15, 0.2) is 0 Å². The van der Waals surface area contributed by atoms with Crippen LogP contribution in [0, 0.1) is 18.3 Å². The van der Waals surface area contributed by atoms with E-state index in [1.54, 1.807) is 48.7 Å². The second kappa shape index (κ2) is 7.80. The molecule has 3 rings (SSSR count). The molecule has 1 aromatic heterocycles. The molecule has 0 radical (unpaired) electrons. The Balaban J connectivity index is 2.16. The van der Waals surface area contributed by atoms with Crippen LogP contribution in [0.1, 0.15) is 29.5 Å². The van der Waals surface area contributed by atoms with Crippen molar-refractivity contribution < 1.29 is 8.42 Å². The summed E-state index contributed by atoms with van der Waals surface area (Å²) in [6.45, 7) is 1.93. The van der Waals surface area contributed by atoms with Crippen molar-refractivity contribution in [1.82, 2.24) is 3.97 Å². The molecule has 0 bridgehead atoms. The molecular weight excluding hydrogens is 459 g/mol. The summed E-state index contributed by atoms with van der Waals surface area (Å²) in [5.74, 6) is 0. The van der Waals surface area contributed by atoms with Gasteiger partial charge in [0.05, 0.1) is 22.0 Å². The van der Waals surface area contributed by atoms with E-state index in [1.807, 2.05) is 6.92 Å². The number of unbranched alkanes of at least 4 members (excludes halogenated alkanes) is 1. The van der Waals surface area contributed by atoms with Gasteiger partial charge in [0.1, 0.15) is 0 Å². The predicted molar refractivity (Wildman–Crippen MR) is 112 cm³/mol. The zero-order valence-electron chi connectivity index (χ0n) is 14.4. The first-order valence-corrected chi connectivity index (χ1v) is 11.4. The van der Waals surface area contributed by atoms with Gasteiger partial charge in [0.2, 0.25) is 0 Å². The smallest absolute Gasteiger partial charge is 0.241 e. The van der Waals surface area contributed by atoms with Gasteiger partial charge in [-0.25, -0.2) is 12.4 Å². The van der Waals surface area contributed by atoms with Gasteiger partial charge in [-0.2, -0.15) is 5.26 Å². The Morgan fingerprint density at radius 3 is 2.50 bits per heavy atom. The maximum Gasteiger partial charge on any atom is 0.268 e. The van der Waals surface area contributed by atoms with Crippen LogP contribution in [0.4, 0.5) is 0 Å². The van der Waals surface area contributed by atoms with E-state index in [-0.39, 0.29) is 4.90 Å². The number of nitrogens with zero attached hydrogens (tertiary/aromatic N) is 2. The Morgan fingerprint density at radius 1 is 1.12 bits per heavy atom. The lowest BCUT2D eigenvalue weighted by Gasteiger charge is -2.08. The average molecular weight is 478 g/mol. The number of hydrogen-bond donors (Lipinski definition) is 0. The highest BCUT2D eigenvalue weighted by molar-refractivity contribution is 14.1. The lowest BCUT2D eigenvalue weighted by atomic mass is 10.1. The van der Waals surface area contributed by atoms with E-state index >= 15 is 0 Å². The summed E-state index contributed by atoms with van der Waals surface area (Å²) >= 11 is 2.34. The normalized spacial score (nSPS) is 11.6. The van der Waals surface area contributed by atoms with Crippen LogP contribution in [0.5, 0.6) is 0 Å². The summed E-state index contributed by atoms with van der Waals surface area (Å²) in [5, 5.41) is 10.0. The molecule has 6 heteroatoms. The van der Waals surface area contributed by atoms with E-state index in [0.717, 1.165) is 40.2 Å². The van der Waals surface area contributed by atoms with Crippen LogP contribution in [0.2, 0.25) is 0 Å². The molecule has 0 amide bonds. The largest absolute Gasteiger partial charge is 0.268 e. The van der Waals surface area contributed by atoms with E-state index in [1.165, 1.54) is 3.97 Å². The summed E-state index contributed by atoms with van der Waals surface area (Å²) < 4.78 is 28.7. The summed E-state index contributed by atoms with van der Waals surface area (Å²) in [5.41, 5.74) is 3.14. The second-order valence-corrected chi connectivity index (χ2v) is 9.15. The minimum Gasteiger partial charge on any atom is -0.241 e. The van der Waals surface area contributed by atoms with Crippen molar-refractivity contribution in [2.45, 2.75) is 31.1 Å². The van der Waals surface area contributed by atoms with Crippen molar-refractivity contribution in [3.05, 3.63) is 65.4 Å². The SMILES string of the molecule is Cc1ccc(S(=O)(=O)n2cc(CCCCI)c3cc(C#N)ccc32)cc1. The molecule has 0 saturated heterocycles. The Kier molecular flexibility index (Phi) is 5.68. The molecule has 0 fully saturated rings. The van der Waals surface area contributed by atoms with E-state index in [4.69, 9.17) is 0 Å². The van der Waals surface area contributed by atoms with Crippen molar-refractivity contribution in [1.29, 1.82) is 5.26 Å². The molecule has 3 aromatic rings. The Bertz CT molecular complexity index is 1080. The van der Waals surface area contributed by atoms with Gasteiger partial charge in [-0.05, 0) is 66.5 Å². The fraction of sp³-hybridized carbons (Fsp3) is 0.250. The van der Waals surface area contributed by atoms with Gasteiger partial charge in [0.25, 0.3) is 10.0 Å². The molecule has 0 atom stereocenters. The summed E-state index contributed by atoms with van der Waals surface area (Å²) in [6.07, 6.45) is 4.58. The predicted octanol–water partition coefficient (Wildman–Crippen LogP) is 4.82. The average Bonchev–Trinajstić information content (AvgIpc) is 3.01. The molecule has 0 aliphatic heterocycles. The standard InChI is InChI=1S/C20H19IN2O2S/c1-15-5-8-18(9-6-15)26(24,25)23-14-17(4-2-3-11-21)19-12-16(13-22)7-10-20(19)23/h5-10,12,14H,2-4,11H2,1H3. The molecule has 2 aromatic carbocycles. The van der Waals surface area contributed by atoms with E-state index < -0.39 is 10.0 Å². The van der Waals surface area contributed by atoms with Crippen molar-refractivity contribution in [3.8, 4) is 6.07 Å². The number of aryl methyl sites for hydroxylation is 2. The van der Waals surface area contributed by atoms with Gasteiger partial charge in [-0.1, -0.05) is 40.3 Å². The lowest BCUT2D eigenvalue weighted by molar-refractivity contribution is 0.589. The lowest BCUT2D eigenvalue weighted by Crippen LogP contribution is -2.11. The molecule has 4 nitrogen and oxygen atoms in total. The number of hydrogen-bond acceptors (Lipinski definition) is 3. The van der Waals surface area contributed by atoms with Gasteiger partial charge in [-0.15, -0.1) is 0 Å². The minimum atomic E-state index is -3.68. The number of aromatic nitrogens is 1. The first-order chi connectivity index (χ1) is 12.5. The number of rotatable bonds is 6. The third-order valence-corrected chi connectivity index (χ3v) is 6.84. The maximum atomic E-state index is 13.2. The molecule has 1 heterocycles. The van der Waals surface area contributed by atoms with Gasteiger partial charge < -0.3 is 0 Å². The van der Waals surface area contributed by atoms with Gasteiger partial charge >= 0.3 is 0 Å². The Morgan fingerprint density at radius 2 is 1.85 bits per heavy atom. The van der Waals surface area contributed by atoms with E-state index in [9.17, 15) is 13.7 Å². The van der Waals surface area contributed by atoms with Crippen molar-refractivity contribution in [3.63, 3.8) is 0 Å². The fourth-order valence-electron chi connectivity index (χ4n) is 2.97. The van der Waals surface area contributed by atoms with Crippen molar-refractivity contribution >= 4 is 43.5 Å². The number of benzene rings is 2. The molecular formula is C20H19IN2O2S. The van der Waals surface area contributed by atoms with E-state index in [2.05, 4.69) is 28.7 Å². The zero-order chi connectivity index (χ0) is 18.7. The first-order valence-electron chi connectivity index (χ1n) is 8.39. The zero-order valence-corrected chi connectivity index (χ0v) is 17.4. The highest BCUT2D eigenvalue weighted by atomic mass is 127. The molecule has 0 saturated carbocycles. The van der Waals surface area contributed by atoms with Crippen LogP contribution >= 0.6 is 22.6 Å². The Labute approximate surface area is 167 Å². The van der Waals surface area contributed by atoms with Crippen molar-refractivity contribution in [2.24, 2.45) is 0 Å². The number of alkyl halides is 1. The second-order valence-electron chi connectivity index (χ2n) is 6.26. The quantitative estimate of drug-likeness (QED) is 0.290. The molecule has 0 unspecified atom stereocenters. The van der Waals surface area contributed by atoms with Crippen LogP contribution < -0.4 is 0 Å². The van der Waals surface area contributed by atoms with Crippen molar-refractivity contribution in [2.75, 3.05) is 4.43 Å². The highest BCUT2D eigenvalue weighted by Crippen LogP contribution is 2.28. The van der Waals surface area contributed by atoms with Crippen LogP contribution in [0.15, 0.2) is 53.6 Å². The maximum absolute atomic E-state index is 13.2. The van der Waals surface area contributed by atoms with Gasteiger partial charge in [0, 0.05) is 11.6 Å². The molecule has 26 heavy (non-hydrogen) atoms. The van der Waals surface area contributed by atoms with Crippen LogP contribution in [0.3, 0.4) is 0 Å². The molecule has 0 N–H and O–H groups in total. The molecule has 0 aliphatic carbocycles. The van der Waals surface area contributed by atoms with Crippen LogP contribution in [-0.4, -0.2) is 16.8 Å². The molecule has 0 aliphatic rings. The van der Waals surface area contributed by atoms with Crippen LogP contribution in [-0.2, 0) is 16.4 Å². The summed E-state index contributed by atoms with van der Waals surface area (Å²) in [6, 6.07) is 14.2. The summed E-state index contributed by atoms with van der Waals surface area (Å²) in [4.78, 5) is 0.267. The van der Waals surface area contributed by atoms with Crippen LogP contribution in [0.25, 0.3) is 10.9 Å². The number of nitriles is 1. The number of halogens is 1. The minimum absolute atomic E-state index is 0.267. The first kappa shape index (κ1) is 18.9. The third-order valence-electron chi connectivity index (χ3n) is 4.39. The molecule has 134 valence electrons. The summed E-state index contributed by atoms with van der Waals surface area (Å²) in [7, 11) is -3.68. The monoisotopic (exact) mass is 478 g/mol. The molecule has 0 spiro atoms. The highest BCUT2D eigenvalue weighted by Gasteiger charge is 2.21. The Hall–Kier alpha value is -1.85. The topological polar surface area (TPSA) is 62.9 Å². The third kappa shape index (κ3) is 3.64. The van der Waals surface area contributed by atoms with E-state index in [0.29, 0.717) is 11.1 Å².